The summed E-state index contributed by atoms with van der Waals surface area (Å²) < 4.78 is 8.56. The molecule has 0 spiro atoms. The quantitative estimate of drug-likeness (QED) is 0.156. The smallest absolute Gasteiger partial charge is 0.135 e. The molecule has 11 rings (SSSR count). The van der Waals surface area contributed by atoms with Crippen LogP contribution >= 0.6 is 0 Å². The lowest BCUT2D eigenvalue weighted by Crippen LogP contribution is -1.95. The van der Waals surface area contributed by atoms with Crippen LogP contribution in [0.2, 0.25) is 0 Å². The minimum atomic E-state index is 0.745. The van der Waals surface area contributed by atoms with Gasteiger partial charge >= 0.3 is 0 Å². The molecular weight excluding hydrogens is 691 g/mol. The maximum Gasteiger partial charge on any atom is 0.135 e. The number of rotatable bonds is 6. The maximum absolute atomic E-state index is 6.09. The number of hydrogen-bond donors (Lipinski definition) is 0. The third kappa shape index (κ3) is 5.41. The van der Waals surface area contributed by atoms with E-state index in [1.165, 1.54) is 77.1 Å². The highest BCUT2D eigenvalue weighted by Crippen LogP contribution is 2.51. The van der Waals surface area contributed by atoms with E-state index in [9.17, 15) is 0 Å². The number of fused-ring (bicyclic) bond motifs is 8. The standard InChI is InChI=1S/C52H33NO.C3H6/c1-3-39-44-29-37(24-26-50(44)54-49(39)4-2)36-23-25-47-46(30-36)52-43-22-12-21-42-40-19-8-9-20-41(40)45(51(42)43)31-48(52)53(47)38-18-11-17-35(28-38)34-16-10-15-33(27-34)32-13-6-5-7-14-32;1-3-2/h3-31H,1-2H2;3H,1H2,2H3. The molecule has 0 fully saturated rings. The average Bonchev–Trinajstić information content (AvgIpc) is 3.92. The third-order valence-electron chi connectivity index (χ3n) is 11.3. The van der Waals surface area contributed by atoms with Gasteiger partial charge in [0.1, 0.15) is 11.3 Å². The van der Waals surface area contributed by atoms with E-state index in [0.29, 0.717) is 0 Å². The minimum Gasteiger partial charge on any atom is -0.456 e. The lowest BCUT2D eigenvalue weighted by molar-refractivity contribution is 0.603. The summed E-state index contributed by atoms with van der Waals surface area (Å²) in [6.07, 6.45) is 5.36. The van der Waals surface area contributed by atoms with Crippen LogP contribution in [0.4, 0.5) is 0 Å². The molecule has 57 heavy (non-hydrogen) atoms. The van der Waals surface area contributed by atoms with Crippen molar-refractivity contribution in [3.05, 3.63) is 201 Å². The van der Waals surface area contributed by atoms with Gasteiger partial charge in [-0.05, 0) is 128 Å². The van der Waals surface area contributed by atoms with Crippen molar-refractivity contribution in [3.63, 3.8) is 0 Å². The summed E-state index contributed by atoms with van der Waals surface area (Å²) in [6, 6.07) is 59.9. The molecule has 0 amide bonds. The molecule has 0 saturated heterocycles. The average molecular weight is 730 g/mol. The molecule has 0 atom stereocenters. The number of nitrogens with zero attached hydrogens (tertiary/aromatic N) is 1. The Bertz CT molecular complexity index is 3240. The Morgan fingerprint density at radius 3 is 1.79 bits per heavy atom. The number of aromatic nitrogens is 1. The lowest BCUT2D eigenvalue weighted by atomic mass is 9.96. The predicted molar refractivity (Wildman–Crippen MR) is 245 cm³/mol. The summed E-state index contributed by atoms with van der Waals surface area (Å²) in [4.78, 5) is 0. The number of benzene rings is 8. The van der Waals surface area contributed by atoms with Crippen LogP contribution in [0.15, 0.2) is 194 Å². The van der Waals surface area contributed by atoms with Crippen molar-refractivity contribution >= 4 is 55.7 Å². The van der Waals surface area contributed by atoms with Crippen molar-refractivity contribution in [2.45, 2.75) is 6.92 Å². The molecule has 2 heterocycles. The SMILES string of the molecule is C=CC.C=Cc1oc2ccc(-c3ccc4c(c3)c3c5cccc6c5c(cc3n4-c3cccc(-c4cccc(-c5ccccc5)c4)c3)-c3ccccc3-6)cc2c1C=C. The van der Waals surface area contributed by atoms with Crippen molar-refractivity contribution in [1.29, 1.82) is 0 Å². The summed E-state index contributed by atoms with van der Waals surface area (Å²) in [5.74, 6) is 0.745. The van der Waals surface area contributed by atoms with Crippen LogP contribution in [-0.4, -0.2) is 4.57 Å². The van der Waals surface area contributed by atoms with Crippen LogP contribution < -0.4 is 0 Å². The third-order valence-corrected chi connectivity index (χ3v) is 11.3. The summed E-state index contributed by atoms with van der Waals surface area (Å²) in [6.45, 7) is 13.3. The summed E-state index contributed by atoms with van der Waals surface area (Å²) in [7, 11) is 0. The van der Waals surface area contributed by atoms with Crippen molar-refractivity contribution in [3.8, 4) is 61.3 Å². The fraction of sp³-hybridized carbons (Fsp3) is 0.0182. The van der Waals surface area contributed by atoms with Crippen LogP contribution in [0.25, 0.3) is 117 Å². The largest absolute Gasteiger partial charge is 0.456 e. The van der Waals surface area contributed by atoms with Gasteiger partial charge in [-0.3, -0.25) is 0 Å². The molecule has 1 aliphatic carbocycles. The fourth-order valence-electron chi connectivity index (χ4n) is 8.85. The van der Waals surface area contributed by atoms with Crippen LogP contribution in [0, 0.1) is 0 Å². The second-order valence-electron chi connectivity index (χ2n) is 14.6. The van der Waals surface area contributed by atoms with E-state index in [0.717, 1.165) is 39.1 Å². The van der Waals surface area contributed by atoms with E-state index >= 15 is 0 Å². The van der Waals surface area contributed by atoms with Gasteiger partial charge in [0.05, 0.1) is 11.0 Å². The zero-order valence-electron chi connectivity index (χ0n) is 31.8. The Hall–Kier alpha value is -7.42. The molecule has 0 bridgehead atoms. The number of furan rings is 1. The van der Waals surface area contributed by atoms with Gasteiger partial charge in [-0.1, -0.05) is 141 Å². The van der Waals surface area contributed by atoms with E-state index in [1.54, 1.807) is 12.2 Å². The highest BCUT2D eigenvalue weighted by molar-refractivity contribution is 6.29. The van der Waals surface area contributed by atoms with E-state index in [2.05, 4.69) is 188 Å². The van der Waals surface area contributed by atoms with E-state index in [4.69, 9.17) is 4.42 Å². The van der Waals surface area contributed by atoms with Crippen molar-refractivity contribution in [2.24, 2.45) is 0 Å². The van der Waals surface area contributed by atoms with Crippen LogP contribution in [0.3, 0.4) is 0 Å². The second kappa shape index (κ2) is 13.7. The molecule has 1 aliphatic rings. The normalized spacial score (nSPS) is 11.5. The van der Waals surface area contributed by atoms with Gasteiger partial charge < -0.3 is 8.98 Å². The molecule has 270 valence electrons. The van der Waals surface area contributed by atoms with Crippen molar-refractivity contribution in [2.75, 3.05) is 0 Å². The Labute approximate surface area is 332 Å². The second-order valence-corrected chi connectivity index (χ2v) is 14.6. The van der Waals surface area contributed by atoms with E-state index < -0.39 is 0 Å². The predicted octanol–water partition coefficient (Wildman–Crippen LogP) is 15.8. The van der Waals surface area contributed by atoms with Crippen molar-refractivity contribution in [1.82, 2.24) is 4.57 Å². The molecule has 0 N–H and O–H groups in total. The van der Waals surface area contributed by atoms with Gasteiger partial charge in [0.15, 0.2) is 0 Å². The Morgan fingerprint density at radius 1 is 0.439 bits per heavy atom. The number of allylic oxidation sites excluding steroid dienone is 1. The highest BCUT2D eigenvalue weighted by atomic mass is 16.3. The van der Waals surface area contributed by atoms with Crippen LogP contribution in [-0.2, 0) is 0 Å². The first-order valence-electron chi connectivity index (χ1n) is 19.4. The number of hydrogen-bond acceptors (Lipinski definition) is 1. The molecule has 0 aliphatic heterocycles. The molecule has 0 saturated carbocycles. The Morgan fingerprint density at radius 2 is 1.04 bits per heavy atom. The molecule has 0 radical (unpaired) electrons. The van der Waals surface area contributed by atoms with Gasteiger partial charge in [-0.15, -0.1) is 6.58 Å². The zero-order valence-corrected chi connectivity index (χ0v) is 31.8. The molecule has 2 aromatic heterocycles. The summed E-state index contributed by atoms with van der Waals surface area (Å²) in [5, 5.41) is 6.13. The first kappa shape index (κ1) is 34.1. The van der Waals surface area contributed by atoms with Gasteiger partial charge in [0, 0.05) is 27.4 Å². The first-order chi connectivity index (χ1) is 28.1. The van der Waals surface area contributed by atoms with Gasteiger partial charge in [0.2, 0.25) is 0 Å². The zero-order chi connectivity index (χ0) is 38.6. The summed E-state index contributed by atoms with van der Waals surface area (Å²) in [5.41, 5.74) is 17.6. The maximum atomic E-state index is 6.09. The van der Waals surface area contributed by atoms with Crippen LogP contribution in [0.1, 0.15) is 18.2 Å². The molecule has 0 unspecified atom stereocenters. The minimum absolute atomic E-state index is 0.745. The van der Waals surface area contributed by atoms with E-state index in [1.807, 2.05) is 13.0 Å². The van der Waals surface area contributed by atoms with Gasteiger partial charge in [-0.2, -0.15) is 0 Å². The van der Waals surface area contributed by atoms with Gasteiger partial charge in [0.25, 0.3) is 0 Å². The Kier molecular flexibility index (Phi) is 8.20. The topological polar surface area (TPSA) is 18.1 Å². The highest BCUT2D eigenvalue weighted by Gasteiger charge is 2.26. The molecule has 2 heteroatoms. The van der Waals surface area contributed by atoms with E-state index in [-0.39, 0.29) is 0 Å². The first-order valence-corrected chi connectivity index (χ1v) is 19.4. The molecule has 2 nitrogen and oxygen atoms in total. The monoisotopic (exact) mass is 729 g/mol. The molecule has 10 aromatic rings. The fourth-order valence-corrected chi connectivity index (χ4v) is 8.85. The van der Waals surface area contributed by atoms with Crippen LogP contribution in [0.5, 0.6) is 0 Å². The molecular formula is C55H39NO. The summed E-state index contributed by atoms with van der Waals surface area (Å²) >= 11 is 0. The molecule has 8 aromatic carbocycles. The van der Waals surface area contributed by atoms with Gasteiger partial charge in [-0.25, -0.2) is 0 Å². The van der Waals surface area contributed by atoms with Crippen molar-refractivity contribution < 1.29 is 4.42 Å². The lowest BCUT2D eigenvalue weighted by Gasteiger charge is -2.12. The Balaban J connectivity index is 0.00000128.